The lowest BCUT2D eigenvalue weighted by atomic mass is 10.1. The maximum absolute atomic E-state index is 11.0. The predicted molar refractivity (Wildman–Crippen MR) is 61.6 cm³/mol. The topological polar surface area (TPSA) is 73.7 Å². The second kappa shape index (κ2) is 5.25. The van der Waals surface area contributed by atoms with E-state index in [1.165, 1.54) is 0 Å². The van der Waals surface area contributed by atoms with E-state index in [2.05, 4.69) is 4.98 Å². The molecule has 0 amide bonds. The highest BCUT2D eigenvalue weighted by molar-refractivity contribution is 5.74. The second-order valence-corrected chi connectivity index (χ2v) is 4.34. The summed E-state index contributed by atoms with van der Waals surface area (Å²) >= 11 is 0. The van der Waals surface area contributed by atoms with E-state index < -0.39 is 18.1 Å². The van der Waals surface area contributed by atoms with Crippen LogP contribution in [-0.4, -0.2) is 51.3 Å². The fraction of sp³-hybridized carbons (Fsp3) is 0.500. The van der Waals surface area contributed by atoms with Gasteiger partial charge in [-0.2, -0.15) is 0 Å². The van der Waals surface area contributed by atoms with Crippen LogP contribution in [0.2, 0.25) is 0 Å². The maximum atomic E-state index is 11.0. The number of rotatable bonds is 4. The van der Waals surface area contributed by atoms with Crippen LogP contribution in [-0.2, 0) is 11.2 Å². The fourth-order valence-corrected chi connectivity index (χ4v) is 2.21. The van der Waals surface area contributed by atoms with Gasteiger partial charge < -0.3 is 10.2 Å². The van der Waals surface area contributed by atoms with Crippen molar-refractivity contribution in [3.63, 3.8) is 0 Å². The molecule has 1 aromatic heterocycles. The number of β-amino-alcohol motifs (C(OH)–C–C–N with tert-alkyl or cyclic N) is 1. The van der Waals surface area contributed by atoms with Crippen LogP contribution in [0.15, 0.2) is 24.5 Å². The molecule has 0 saturated carbocycles. The summed E-state index contributed by atoms with van der Waals surface area (Å²) in [6, 6.07) is 3.29. The number of aromatic nitrogens is 1. The molecule has 1 saturated heterocycles. The van der Waals surface area contributed by atoms with Gasteiger partial charge in [0.05, 0.1) is 6.10 Å². The number of carboxylic acids is 1. The van der Waals surface area contributed by atoms with E-state index in [4.69, 9.17) is 5.11 Å². The number of aliphatic hydroxyl groups is 1. The minimum atomic E-state index is -0.851. The molecule has 92 valence electrons. The van der Waals surface area contributed by atoms with Gasteiger partial charge >= 0.3 is 5.97 Å². The van der Waals surface area contributed by atoms with Crippen molar-refractivity contribution in [2.75, 3.05) is 13.1 Å². The summed E-state index contributed by atoms with van der Waals surface area (Å²) < 4.78 is 0. The van der Waals surface area contributed by atoms with E-state index in [1.54, 1.807) is 12.4 Å². The molecule has 1 fully saturated rings. The Labute approximate surface area is 99.7 Å². The number of hydrogen-bond acceptors (Lipinski definition) is 4. The molecule has 1 aliphatic rings. The lowest BCUT2D eigenvalue weighted by Crippen LogP contribution is -2.37. The number of carbonyl (C=O) groups is 1. The third-order valence-electron chi connectivity index (χ3n) is 3.10. The van der Waals surface area contributed by atoms with E-state index in [-0.39, 0.29) is 0 Å². The minimum Gasteiger partial charge on any atom is -0.480 e. The van der Waals surface area contributed by atoms with Crippen molar-refractivity contribution >= 4 is 5.97 Å². The zero-order valence-electron chi connectivity index (χ0n) is 9.49. The van der Waals surface area contributed by atoms with Crippen LogP contribution in [0.4, 0.5) is 0 Å². The Hall–Kier alpha value is -1.46. The highest BCUT2D eigenvalue weighted by atomic mass is 16.4. The van der Waals surface area contributed by atoms with E-state index >= 15 is 0 Å². The Morgan fingerprint density at radius 3 is 2.82 bits per heavy atom. The van der Waals surface area contributed by atoms with Crippen molar-refractivity contribution < 1.29 is 15.0 Å². The van der Waals surface area contributed by atoms with Crippen molar-refractivity contribution in [1.29, 1.82) is 0 Å². The lowest BCUT2D eigenvalue weighted by Gasteiger charge is -2.20. The first-order chi connectivity index (χ1) is 8.16. The standard InChI is InChI=1S/C12H16N2O3/c15-10-7-11(12(16)17)14(8-10)6-3-9-1-4-13-5-2-9/h1-2,4-5,10-11,15H,3,6-8H2,(H,16,17). The van der Waals surface area contributed by atoms with E-state index in [0.717, 1.165) is 12.0 Å². The Bertz CT molecular complexity index is 383. The third kappa shape index (κ3) is 3.01. The number of pyridine rings is 1. The average Bonchev–Trinajstić information content (AvgIpc) is 2.69. The number of hydrogen-bond donors (Lipinski definition) is 2. The number of aliphatic carboxylic acids is 1. The van der Waals surface area contributed by atoms with Gasteiger partial charge in [-0.25, -0.2) is 0 Å². The maximum Gasteiger partial charge on any atom is 0.321 e. The van der Waals surface area contributed by atoms with Gasteiger partial charge in [0.15, 0.2) is 0 Å². The van der Waals surface area contributed by atoms with Crippen LogP contribution >= 0.6 is 0 Å². The van der Waals surface area contributed by atoms with Crippen LogP contribution in [0, 0.1) is 0 Å². The van der Waals surface area contributed by atoms with Gasteiger partial charge in [-0.1, -0.05) is 0 Å². The molecule has 2 rings (SSSR count). The Morgan fingerprint density at radius 2 is 2.18 bits per heavy atom. The highest BCUT2D eigenvalue weighted by Crippen LogP contribution is 2.18. The summed E-state index contributed by atoms with van der Waals surface area (Å²) in [6.45, 7) is 1.10. The van der Waals surface area contributed by atoms with E-state index in [1.807, 2.05) is 17.0 Å². The van der Waals surface area contributed by atoms with Gasteiger partial charge in [-0.05, 0) is 24.1 Å². The second-order valence-electron chi connectivity index (χ2n) is 4.34. The molecule has 2 heterocycles. The Balaban J connectivity index is 1.92. The van der Waals surface area contributed by atoms with Crippen molar-refractivity contribution in [2.24, 2.45) is 0 Å². The molecule has 2 N–H and O–H groups in total. The zero-order chi connectivity index (χ0) is 12.3. The summed E-state index contributed by atoms with van der Waals surface area (Å²) in [5.41, 5.74) is 1.13. The predicted octanol–water partition coefficient (Wildman–Crippen LogP) is 0.144. The van der Waals surface area contributed by atoms with Gasteiger partial charge in [0.2, 0.25) is 0 Å². The first kappa shape index (κ1) is 12.0. The third-order valence-corrected chi connectivity index (χ3v) is 3.10. The summed E-state index contributed by atoms with van der Waals surface area (Å²) in [7, 11) is 0. The van der Waals surface area contributed by atoms with Crippen LogP contribution < -0.4 is 0 Å². The molecule has 5 nitrogen and oxygen atoms in total. The molecular weight excluding hydrogens is 220 g/mol. The van der Waals surface area contributed by atoms with E-state index in [9.17, 15) is 9.90 Å². The molecule has 1 aromatic rings. The van der Waals surface area contributed by atoms with Crippen LogP contribution in [0.1, 0.15) is 12.0 Å². The molecule has 17 heavy (non-hydrogen) atoms. The van der Waals surface area contributed by atoms with Gasteiger partial charge in [-0.15, -0.1) is 0 Å². The normalized spacial score (nSPS) is 25.0. The number of aliphatic hydroxyl groups excluding tert-OH is 1. The monoisotopic (exact) mass is 236 g/mol. The average molecular weight is 236 g/mol. The van der Waals surface area contributed by atoms with Crippen LogP contribution in [0.25, 0.3) is 0 Å². The molecule has 1 aliphatic heterocycles. The summed E-state index contributed by atoms with van der Waals surface area (Å²) in [5, 5.41) is 18.5. The molecule has 0 aliphatic carbocycles. The molecule has 0 radical (unpaired) electrons. The van der Waals surface area contributed by atoms with Gasteiger partial charge in [0.25, 0.3) is 0 Å². The van der Waals surface area contributed by atoms with Crippen molar-refractivity contribution in [3.8, 4) is 0 Å². The Kier molecular flexibility index (Phi) is 3.71. The first-order valence-electron chi connectivity index (χ1n) is 5.70. The number of likely N-dealkylation sites (tertiary alicyclic amines) is 1. The molecular formula is C12H16N2O3. The van der Waals surface area contributed by atoms with Crippen LogP contribution in [0.3, 0.4) is 0 Å². The van der Waals surface area contributed by atoms with Crippen molar-refractivity contribution in [2.45, 2.75) is 25.0 Å². The zero-order valence-corrected chi connectivity index (χ0v) is 9.49. The van der Waals surface area contributed by atoms with Gasteiger partial charge in [-0.3, -0.25) is 14.7 Å². The first-order valence-corrected chi connectivity index (χ1v) is 5.70. The smallest absolute Gasteiger partial charge is 0.321 e. The molecule has 5 heteroatoms. The lowest BCUT2D eigenvalue weighted by molar-refractivity contribution is -0.142. The summed E-state index contributed by atoms with van der Waals surface area (Å²) in [6.07, 6.45) is 4.03. The molecule has 2 unspecified atom stereocenters. The van der Waals surface area contributed by atoms with E-state index in [0.29, 0.717) is 19.5 Å². The van der Waals surface area contributed by atoms with Crippen molar-refractivity contribution in [3.05, 3.63) is 30.1 Å². The summed E-state index contributed by atoms with van der Waals surface area (Å²) in [4.78, 5) is 16.8. The van der Waals surface area contributed by atoms with Gasteiger partial charge in [0.1, 0.15) is 6.04 Å². The quantitative estimate of drug-likeness (QED) is 0.778. The molecule has 0 aromatic carbocycles. The Morgan fingerprint density at radius 1 is 1.47 bits per heavy atom. The summed E-state index contributed by atoms with van der Waals surface area (Å²) in [5.74, 6) is -0.851. The molecule has 2 atom stereocenters. The van der Waals surface area contributed by atoms with Crippen molar-refractivity contribution in [1.82, 2.24) is 9.88 Å². The SMILES string of the molecule is O=C(O)C1CC(O)CN1CCc1ccncc1. The highest BCUT2D eigenvalue weighted by Gasteiger charge is 2.35. The van der Waals surface area contributed by atoms with Crippen LogP contribution in [0.5, 0.6) is 0 Å². The largest absolute Gasteiger partial charge is 0.480 e. The minimum absolute atomic E-state index is 0.325. The fourth-order valence-electron chi connectivity index (χ4n) is 2.21. The number of carboxylic acid groups (broad SMARTS) is 1. The number of nitrogens with zero attached hydrogens (tertiary/aromatic N) is 2. The molecule has 0 spiro atoms. The van der Waals surface area contributed by atoms with Gasteiger partial charge in [0, 0.05) is 31.9 Å². The molecule has 0 bridgehead atoms.